The maximum atomic E-state index is 6.72. The molecule has 0 saturated carbocycles. The highest BCUT2D eigenvalue weighted by molar-refractivity contribution is 6.11. The van der Waals surface area contributed by atoms with E-state index >= 15 is 0 Å². The van der Waals surface area contributed by atoms with Crippen LogP contribution in [0.2, 0.25) is 0 Å². The summed E-state index contributed by atoms with van der Waals surface area (Å²) in [4.78, 5) is 2.44. The number of benzene rings is 11. The Bertz CT molecular complexity index is 3660. The average molecular weight is 868 g/mol. The van der Waals surface area contributed by atoms with Crippen molar-refractivity contribution in [3.8, 4) is 77.9 Å². The van der Waals surface area contributed by atoms with Crippen molar-refractivity contribution in [1.29, 1.82) is 0 Å². The molecule has 0 radical (unpaired) electrons. The molecule has 1 aromatic heterocycles. The molecule has 320 valence electrons. The Hall–Kier alpha value is -8.98. The van der Waals surface area contributed by atoms with Crippen molar-refractivity contribution < 1.29 is 4.42 Å². The molecule has 0 amide bonds. The zero-order valence-electron chi connectivity index (χ0n) is 37.3. The standard InChI is InChI=1S/C66H45NO/c1-4-21-46(22-5-1)50-43-51(47-23-6-2-7-24-47)45-52(44-50)48-39-41-53(42-40-48)67(64-37-18-15-32-59(64)61-34-20-35-62-60-33-16-19-38-65(60)68-66(61)62)63-36-17-14-31-58(63)57-30-13-12-29-56(57)55-28-11-10-27-54(55)49-25-8-3-9-26-49/h1-45H. The second-order valence-electron chi connectivity index (χ2n) is 17.2. The van der Waals surface area contributed by atoms with Crippen LogP contribution in [-0.2, 0) is 0 Å². The fourth-order valence-electron chi connectivity index (χ4n) is 9.89. The Kier molecular flexibility index (Phi) is 10.6. The quantitative estimate of drug-likeness (QED) is 0.136. The maximum absolute atomic E-state index is 6.72. The zero-order valence-corrected chi connectivity index (χ0v) is 37.3. The van der Waals surface area contributed by atoms with Gasteiger partial charge in [-0.1, -0.05) is 224 Å². The number of rotatable bonds is 10. The molecule has 11 aromatic carbocycles. The lowest BCUT2D eigenvalue weighted by Crippen LogP contribution is -2.12. The molecule has 0 aliphatic carbocycles. The van der Waals surface area contributed by atoms with Crippen LogP contribution in [0.1, 0.15) is 0 Å². The molecule has 0 aliphatic rings. The molecule has 12 aromatic rings. The van der Waals surface area contributed by atoms with E-state index in [0.29, 0.717) is 0 Å². The van der Waals surface area contributed by atoms with E-state index in [-0.39, 0.29) is 0 Å². The molecule has 0 N–H and O–H groups in total. The van der Waals surface area contributed by atoms with Crippen LogP contribution in [-0.4, -0.2) is 0 Å². The number of nitrogens with zero attached hydrogens (tertiary/aromatic N) is 1. The summed E-state index contributed by atoms with van der Waals surface area (Å²) in [6, 6.07) is 98.1. The van der Waals surface area contributed by atoms with Gasteiger partial charge in [-0.05, 0) is 110 Å². The monoisotopic (exact) mass is 867 g/mol. The van der Waals surface area contributed by atoms with Crippen LogP contribution in [0.25, 0.3) is 99.8 Å². The Labute approximate surface area is 397 Å². The molecular weight excluding hydrogens is 823 g/mol. The van der Waals surface area contributed by atoms with E-state index in [1.165, 1.54) is 44.5 Å². The lowest BCUT2D eigenvalue weighted by Gasteiger charge is -2.30. The topological polar surface area (TPSA) is 16.4 Å². The van der Waals surface area contributed by atoms with E-state index in [9.17, 15) is 0 Å². The van der Waals surface area contributed by atoms with Crippen LogP contribution in [0.4, 0.5) is 17.1 Å². The normalized spacial score (nSPS) is 11.2. The molecule has 0 saturated heterocycles. The molecule has 0 atom stereocenters. The lowest BCUT2D eigenvalue weighted by atomic mass is 9.88. The van der Waals surface area contributed by atoms with Crippen molar-refractivity contribution in [3.63, 3.8) is 0 Å². The Balaban J connectivity index is 1.06. The van der Waals surface area contributed by atoms with Gasteiger partial charge in [0.2, 0.25) is 0 Å². The summed E-state index contributed by atoms with van der Waals surface area (Å²) in [5.41, 5.74) is 21.1. The minimum Gasteiger partial charge on any atom is -0.455 e. The van der Waals surface area contributed by atoms with Gasteiger partial charge >= 0.3 is 0 Å². The second-order valence-corrected chi connectivity index (χ2v) is 17.2. The van der Waals surface area contributed by atoms with Gasteiger partial charge in [0.05, 0.1) is 11.4 Å². The van der Waals surface area contributed by atoms with Crippen LogP contribution in [0.5, 0.6) is 0 Å². The fourth-order valence-corrected chi connectivity index (χ4v) is 9.89. The fraction of sp³-hybridized carbons (Fsp3) is 0. The van der Waals surface area contributed by atoms with Crippen LogP contribution in [0.3, 0.4) is 0 Å². The van der Waals surface area contributed by atoms with E-state index in [0.717, 1.165) is 72.4 Å². The molecule has 2 nitrogen and oxygen atoms in total. The van der Waals surface area contributed by atoms with E-state index in [2.05, 4.69) is 272 Å². The van der Waals surface area contributed by atoms with Crippen LogP contribution >= 0.6 is 0 Å². The van der Waals surface area contributed by atoms with Crippen LogP contribution < -0.4 is 4.90 Å². The highest BCUT2D eigenvalue weighted by Gasteiger charge is 2.24. The third-order valence-electron chi connectivity index (χ3n) is 13.1. The molecule has 68 heavy (non-hydrogen) atoms. The van der Waals surface area contributed by atoms with Gasteiger partial charge in [-0.25, -0.2) is 0 Å². The Morgan fingerprint density at radius 3 is 1.19 bits per heavy atom. The van der Waals surface area contributed by atoms with Gasteiger partial charge in [0, 0.05) is 33.2 Å². The van der Waals surface area contributed by atoms with Crippen molar-refractivity contribution in [2.75, 3.05) is 4.90 Å². The summed E-state index contributed by atoms with van der Waals surface area (Å²) >= 11 is 0. The highest BCUT2D eigenvalue weighted by Crippen LogP contribution is 2.49. The largest absolute Gasteiger partial charge is 0.455 e. The summed E-state index contributed by atoms with van der Waals surface area (Å²) in [6.45, 7) is 0. The molecule has 0 unspecified atom stereocenters. The number of hydrogen-bond donors (Lipinski definition) is 0. The molecule has 1 heterocycles. The third kappa shape index (κ3) is 7.54. The van der Waals surface area contributed by atoms with Gasteiger partial charge in [0.25, 0.3) is 0 Å². The molecule has 0 fully saturated rings. The van der Waals surface area contributed by atoms with Gasteiger partial charge in [-0.15, -0.1) is 0 Å². The van der Waals surface area contributed by atoms with Gasteiger partial charge in [-0.2, -0.15) is 0 Å². The average Bonchev–Trinajstić information content (AvgIpc) is 3.81. The van der Waals surface area contributed by atoms with Gasteiger partial charge in [0.1, 0.15) is 11.2 Å². The molecule has 12 rings (SSSR count). The minimum absolute atomic E-state index is 0.875. The Morgan fingerprint density at radius 2 is 0.618 bits per heavy atom. The zero-order chi connectivity index (χ0) is 45.2. The van der Waals surface area contributed by atoms with Crippen molar-refractivity contribution in [2.24, 2.45) is 0 Å². The van der Waals surface area contributed by atoms with E-state index in [1.807, 2.05) is 6.07 Å². The first-order chi connectivity index (χ1) is 33.7. The van der Waals surface area contributed by atoms with Gasteiger partial charge in [-0.3, -0.25) is 0 Å². The molecule has 0 aliphatic heterocycles. The molecule has 0 bridgehead atoms. The van der Waals surface area contributed by atoms with Crippen molar-refractivity contribution >= 4 is 39.0 Å². The molecule has 2 heteroatoms. The van der Waals surface area contributed by atoms with E-state index in [4.69, 9.17) is 4.42 Å². The van der Waals surface area contributed by atoms with Crippen molar-refractivity contribution in [3.05, 3.63) is 273 Å². The Morgan fingerprint density at radius 1 is 0.235 bits per heavy atom. The van der Waals surface area contributed by atoms with Crippen LogP contribution in [0.15, 0.2) is 277 Å². The smallest absolute Gasteiger partial charge is 0.143 e. The summed E-state index contributed by atoms with van der Waals surface area (Å²) in [6.07, 6.45) is 0. The maximum Gasteiger partial charge on any atom is 0.143 e. The van der Waals surface area contributed by atoms with E-state index < -0.39 is 0 Å². The first kappa shape index (κ1) is 40.5. The summed E-state index contributed by atoms with van der Waals surface area (Å²) in [5.74, 6) is 0. The molecule has 0 spiro atoms. The minimum atomic E-state index is 0.875. The first-order valence-corrected chi connectivity index (χ1v) is 23.2. The van der Waals surface area contributed by atoms with Crippen LogP contribution in [0, 0.1) is 0 Å². The predicted octanol–water partition coefficient (Wildman–Crippen LogP) is 18.7. The van der Waals surface area contributed by atoms with Crippen molar-refractivity contribution in [2.45, 2.75) is 0 Å². The third-order valence-corrected chi connectivity index (χ3v) is 13.1. The summed E-state index contributed by atoms with van der Waals surface area (Å²) in [5, 5.41) is 2.21. The second kappa shape index (κ2) is 17.8. The SMILES string of the molecule is c1ccc(-c2cc(-c3ccccc3)cc(-c3ccc(N(c4ccccc4-c4ccccc4-c4ccccc4-c4ccccc4)c4ccccc4-c4cccc5c4oc4ccccc45)cc3)c2)cc1. The highest BCUT2D eigenvalue weighted by atomic mass is 16.3. The lowest BCUT2D eigenvalue weighted by molar-refractivity contribution is 0.670. The van der Waals surface area contributed by atoms with Gasteiger partial charge < -0.3 is 9.32 Å². The predicted molar refractivity (Wildman–Crippen MR) is 286 cm³/mol. The molecular formula is C66H45NO. The number of para-hydroxylation sites is 4. The summed E-state index contributed by atoms with van der Waals surface area (Å²) < 4.78 is 6.72. The van der Waals surface area contributed by atoms with Crippen molar-refractivity contribution in [1.82, 2.24) is 0 Å². The van der Waals surface area contributed by atoms with Gasteiger partial charge in [0.15, 0.2) is 0 Å². The number of furan rings is 1. The first-order valence-electron chi connectivity index (χ1n) is 23.2. The summed E-state index contributed by atoms with van der Waals surface area (Å²) in [7, 11) is 0. The van der Waals surface area contributed by atoms with E-state index in [1.54, 1.807) is 0 Å². The number of fused-ring (bicyclic) bond motifs is 3. The number of hydrogen-bond acceptors (Lipinski definition) is 2. The number of anilines is 3.